The third-order valence-electron chi connectivity index (χ3n) is 5.56. The molecule has 0 unspecified atom stereocenters. The van der Waals surface area contributed by atoms with E-state index in [1.54, 1.807) is 18.2 Å². The molecule has 0 saturated carbocycles. The van der Waals surface area contributed by atoms with Gasteiger partial charge in [-0.3, -0.25) is 9.36 Å². The zero-order chi connectivity index (χ0) is 26.6. The van der Waals surface area contributed by atoms with E-state index in [0.29, 0.717) is 52.3 Å². The molecule has 0 atom stereocenters. The van der Waals surface area contributed by atoms with Gasteiger partial charge in [-0.2, -0.15) is 0 Å². The van der Waals surface area contributed by atoms with Gasteiger partial charge in [-0.05, 0) is 30.2 Å². The Bertz CT molecular complexity index is 1780. The molecule has 11 heteroatoms. The maximum Gasteiger partial charge on any atom is 0.267 e. The Labute approximate surface area is 220 Å². The number of para-hydroxylation sites is 1. The Balaban J connectivity index is 1.47. The van der Waals surface area contributed by atoms with Crippen LogP contribution in [0.1, 0.15) is 17.1 Å². The van der Waals surface area contributed by atoms with E-state index in [1.165, 1.54) is 10.9 Å². The van der Waals surface area contributed by atoms with Crippen molar-refractivity contribution in [3.05, 3.63) is 111 Å². The number of fused-ring (bicyclic) bond motifs is 1. The molecule has 0 fully saturated rings. The number of halogens is 3. The number of nitrogens with one attached hydrogen (secondary N) is 1. The predicted molar refractivity (Wildman–Crippen MR) is 141 cm³/mol. The summed E-state index contributed by atoms with van der Waals surface area (Å²) < 4.78 is 28.6. The summed E-state index contributed by atoms with van der Waals surface area (Å²) in [7, 11) is 0. The summed E-state index contributed by atoms with van der Waals surface area (Å²) in [5.41, 5.74) is 6.81. The highest BCUT2D eigenvalue weighted by atomic mass is 35.5. The van der Waals surface area contributed by atoms with Crippen LogP contribution in [0.2, 0.25) is 5.02 Å². The van der Waals surface area contributed by atoms with Gasteiger partial charge in [-0.15, -0.1) is 0 Å². The van der Waals surface area contributed by atoms with E-state index in [9.17, 15) is 13.6 Å². The molecule has 2 aromatic carbocycles. The van der Waals surface area contributed by atoms with Crippen LogP contribution in [0.25, 0.3) is 16.6 Å². The molecule has 5 rings (SSSR count). The lowest BCUT2D eigenvalue weighted by Gasteiger charge is -2.15. The third kappa shape index (κ3) is 5.00. The smallest absolute Gasteiger partial charge is 0.267 e. The van der Waals surface area contributed by atoms with Gasteiger partial charge in [0.05, 0.1) is 27.8 Å². The molecule has 188 valence electrons. The van der Waals surface area contributed by atoms with Crippen LogP contribution in [-0.4, -0.2) is 31.0 Å². The normalized spacial score (nSPS) is 10.7. The highest BCUT2D eigenvalue weighted by Gasteiger charge is 2.15. The first kappa shape index (κ1) is 24.8. The van der Waals surface area contributed by atoms with Crippen molar-refractivity contribution >= 4 is 34.1 Å². The molecule has 5 aromatic rings. The molecule has 0 spiro atoms. The monoisotopic (exact) mass is 529 g/mol. The molecule has 3 N–H and O–H groups in total. The second kappa shape index (κ2) is 10.6. The molecule has 8 nitrogen and oxygen atoms in total. The first-order valence-electron chi connectivity index (χ1n) is 11.4. The summed E-state index contributed by atoms with van der Waals surface area (Å²) in [5.74, 6) is 4.40. The number of nitrogens with two attached hydrogens (primary N) is 1. The van der Waals surface area contributed by atoms with Gasteiger partial charge in [0.1, 0.15) is 40.9 Å². The quantitative estimate of drug-likeness (QED) is 0.329. The molecule has 0 aliphatic carbocycles. The Morgan fingerprint density at radius 2 is 1.84 bits per heavy atom. The molecule has 0 amide bonds. The van der Waals surface area contributed by atoms with Crippen LogP contribution in [0.3, 0.4) is 0 Å². The number of nitrogens with zero attached hydrogens (tertiary/aromatic N) is 5. The van der Waals surface area contributed by atoms with Crippen LogP contribution in [0.15, 0.2) is 71.9 Å². The van der Waals surface area contributed by atoms with Crippen molar-refractivity contribution < 1.29 is 8.78 Å². The van der Waals surface area contributed by atoms with Gasteiger partial charge >= 0.3 is 0 Å². The molecule has 3 aromatic heterocycles. The summed E-state index contributed by atoms with van der Waals surface area (Å²) in [5, 5.41) is 3.78. The van der Waals surface area contributed by atoms with Crippen LogP contribution in [0, 0.1) is 23.5 Å². The molecular weight excluding hydrogens is 512 g/mol. The first-order valence-corrected chi connectivity index (χ1v) is 11.7. The second-order valence-corrected chi connectivity index (χ2v) is 8.44. The van der Waals surface area contributed by atoms with Gasteiger partial charge in [0.2, 0.25) is 0 Å². The fraction of sp³-hybridized carbons (Fsp3) is 0.0741. The first-order chi connectivity index (χ1) is 18.4. The molecular formula is C27H18ClF2N7O. The SMILES string of the molecule is Nc1ncnc(NCCc2nc3cccc(Cl)c3c(=O)n2-c2ccccc2)c1C#Cc1ncc(F)cc1F. The van der Waals surface area contributed by atoms with Crippen molar-refractivity contribution in [1.82, 2.24) is 24.5 Å². The number of anilines is 2. The van der Waals surface area contributed by atoms with Crippen LogP contribution in [0.4, 0.5) is 20.4 Å². The van der Waals surface area contributed by atoms with E-state index in [1.807, 2.05) is 30.3 Å². The lowest BCUT2D eigenvalue weighted by Crippen LogP contribution is -2.25. The second-order valence-electron chi connectivity index (χ2n) is 8.03. The molecule has 0 radical (unpaired) electrons. The number of aromatic nitrogens is 5. The number of nitrogen functional groups attached to an aromatic ring is 1. The fourth-order valence-electron chi connectivity index (χ4n) is 3.82. The predicted octanol–water partition coefficient (Wildman–Crippen LogP) is 4.14. The highest BCUT2D eigenvalue weighted by Crippen LogP contribution is 2.21. The molecule has 0 bridgehead atoms. The van der Waals surface area contributed by atoms with Gasteiger partial charge < -0.3 is 11.1 Å². The number of pyridine rings is 1. The van der Waals surface area contributed by atoms with E-state index in [2.05, 4.69) is 32.1 Å². The Hall–Kier alpha value is -4.88. The summed E-state index contributed by atoms with van der Waals surface area (Å²) in [6.07, 6.45) is 2.44. The minimum Gasteiger partial charge on any atom is -0.382 e. The lowest BCUT2D eigenvalue weighted by molar-refractivity contribution is 0.570. The lowest BCUT2D eigenvalue weighted by atomic mass is 10.2. The van der Waals surface area contributed by atoms with E-state index >= 15 is 0 Å². The molecule has 3 heterocycles. The van der Waals surface area contributed by atoms with Crippen molar-refractivity contribution in [3.63, 3.8) is 0 Å². The maximum atomic E-state index is 14.0. The summed E-state index contributed by atoms with van der Waals surface area (Å²) in [4.78, 5) is 30.0. The van der Waals surface area contributed by atoms with E-state index in [-0.39, 0.29) is 22.6 Å². The van der Waals surface area contributed by atoms with E-state index in [0.717, 1.165) is 6.20 Å². The van der Waals surface area contributed by atoms with Crippen LogP contribution >= 0.6 is 11.6 Å². The molecule has 0 saturated heterocycles. The highest BCUT2D eigenvalue weighted by molar-refractivity contribution is 6.35. The van der Waals surface area contributed by atoms with Gasteiger partial charge in [-0.1, -0.05) is 41.8 Å². The van der Waals surface area contributed by atoms with E-state index < -0.39 is 11.6 Å². The fourth-order valence-corrected chi connectivity index (χ4v) is 4.07. The number of benzene rings is 2. The van der Waals surface area contributed by atoms with Crippen molar-refractivity contribution in [1.29, 1.82) is 0 Å². The number of hydrogen-bond acceptors (Lipinski definition) is 7. The third-order valence-corrected chi connectivity index (χ3v) is 5.88. The van der Waals surface area contributed by atoms with Crippen molar-refractivity contribution in [2.24, 2.45) is 0 Å². The average Bonchev–Trinajstić information content (AvgIpc) is 2.90. The minimum absolute atomic E-state index is 0.0668. The van der Waals surface area contributed by atoms with Gasteiger partial charge in [0.25, 0.3) is 5.56 Å². The largest absolute Gasteiger partial charge is 0.382 e. The maximum absolute atomic E-state index is 14.0. The summed E-state index contributed by atoms with van der Waals surface area (Å²) >= 11 is 6.33. The van der Waals surface area contributed by atoms with Gasteiger partial charge in [0, 0.05) is 19.0 Å². The van der Waals surface area contributed by atoms with Gasteiger partial charge in [0.15, 0.2) is 5.82 Å². The Kier molecular flexibility index (Phi) is 6.93. The minimum atomic E-state index is -0.899. The molecule has 0 aliphatic rings. The van der Waals surface area contributed by atoms with Crippen molar-refractivity contribution in [2.75, 3.05) is 17.6 Å². The van der Waals surface area contributed by atoms with Crippen molar-refractivity contribution in [3.8, 4) is 17.5 Å². The average molecular weight is 530 g/mol. The number of hydrogen-bond donors (Lipinski definition) is 2. The summed E-state index contributed by atoms with van der Waals surface area (Å²) in [6, 6.07) is 14.9. The Morgan fingerprint density at radius 1 is 1.03 bits per heavy atom. The molecule has 0 aliphatic heterocycles. The molecule has 38 heavy (non-hydrogen) atoms. The Morgan fingerprint density at radius 3 is 2.63 bits per heavy atom. The van der Waals surface area contributed by atoms with Crippen LogP contribution < -0.4 is 16.6 Å². The van der Waals surface area contributed by atoms with Crippen LogP contribution in [-0.2, 0) is 6.42 Å². The van der Waals surface area contributed by atoms with Crippen LogP contribution in [0.5, 0.6) is 0 Å². The van der Waals surface area contributed by atoms with Gasteiger partial charge in [-0.25, -0.2) is 28.7 Å². The van der Waals surface area contributed by atoms with Crippen molar-refractivity contribution in [2.45, 2.75) is 6.42 Å². The standard InChI is InChI=1S/C27H18ClF2N7O/c28-19-7-4-8-22-24(19)27(38)37(17-5-2-1-3-6-17)23(36-22)11-12-32-26-18(25(31)34-15-35-26)9-10-21-20(30)13-16(29)14-33-21/h1-8,13-15H,11-12H2,(H3,31,32,34,35). The zero-order valence-corrected chi connectivity index (χ0v) is 20.4. The summed E-state index contributed by atoms with van der Waals surface area (Å²) in [6.45, 7) is 0.291. The number of rotatable bonds is 5. The van der Waals surface area contributed by atoms with E-state index in [4.69, 9.17) is 22.3 Å². The zero-order valence-electron chi connectivity index (χ0n) is 19.6. The topological polar surface area (TPSA) is 112 Å².